The summed E-state index contributed by atoms with van der Waals surface area (Å²) in [5.41, 5.74) is 6.24. The molecule has 0 amide bonds. The van der Waals surface area contributed by atoms with Crippen molar-refractivity contribution < 1.29 is 9.63 Å². The minimum absolute atomic E-state index is 0.239. The molecule has 6 heteroatoms. The van der Waals surface area contributed by atoms with Gasteiger partial charge in [0, 0.05) is 6.54 Å². The molecule has 0 aliphatic rings. The zero-order valence-electron chi connectivity index (χ0n) is 10.4. The van der Waals surface area contributed by atoms with Gasteiger partial charge in [-0.2, -0.15) is 0 Å². The molecule has 2 aromatic rings. The average Bonchev–Trinajstić information content (AvgIpc) is 2.70. The Labute approximate surface area is 105 Å². The van der Waals surface area contributed by atoms with E-state index in [1.807, 2.05) is 16.2 Å². The second kappa shape index (κ2) is 5.16. The maximum absolute atomic E-state index is 11.2. The number of fused-ring (bicyclic) bond motifs is 1. The number of hydrazine groups is 1. The van der Waals surface area contributed by atoms with Crippen molar-refractivity contribution in [2.45, 2.75) is 26.8 Å². The Balaban J connectivity index is 2.19. The molecule has 2 rings (SSSR count). The first-order chi connectivity index (χ1) is 8.61. The summed E-state index contributed by atoms with van der Waals surface area (Å²) in [5, 5.41) is 0. The van der Waals surface area contributed by atoms with E-state index in [0.717, 1.165) is 11.0 Å². The van der Waals surface area contributed by atoms with E-state index < -0.39 is 5.97 Å². The second-order valence-corrected chi connectivity index (χ2v) is 4.21. The maximum Gasteiger partial charge on any atom is 0.328 e. The molecule has 18 heavy (non-hydrogen) atoms. The third-order valence-electron chi connectivity index (χ3n) is 2.97. The molecule has 0 atom stereocenters. The molecular weight excluding hydrogens is 232 g/mol. The Hall–Kier alpha value is -1.92. The molecule has 0 aliphatic carbocycles. The summed E-state index contributed by atoms with van der Waals surface area (Å²) in [6.07, 6.45) is 1.97. The standard InChI is InChI=1S/C12H16N4O2/c1-8-5-10-11(6-9(8)2)16(7-14-10)4-3-12(17)18-15-13/h5-7,15H,3-4,13H2,1-2H3. The van der Waals surface area contributed by atoms with Crippen molar-refractivity contribution in [1.82, 2.24) is 15.1 Å². The fourth-order valence-corrected chi connectivity index (χ4v) is 1.82. The fraction of sp³-hybridized carbons (Fsp3) is 0.333. The van der Waals surface area contributed by atoms with Crippen LogP contribution in [0.2, 0.25) is 0 Å². The minimum Gasteiger partial charge on any atom is -0.356 e. The topological polar surface area (TPSA) is 82.2 Å². The molecule has 0 aliphatic heterocycles. The number of benzene rings is 1. The van der Waals surface area contributed by atoms with Crippen LogP contribution in [0.25, 0.3) is 11.0 Å². The minimum atomic E-state index is -0.400. The number of carbonyl (C=O) groups excluding carboxylic acids is 1. The monoisotopic (exact) mass is 248 g/mol. The molecular formula is C12H16N4O2. The molecule has 0 radical (unpaired) electrons. The van der Waals surface area contributed by atoms with Gasteiger partial charge in [-0.05, 0) is 37.1 Å². The van der Waals surface area contributed by atoms with Gasteiger partial charge in [-0.25, -0.2) is 10.8 Å². The van der Waals surface area contributed by atoms with Gasteiger partial charge in [0.1, 0.15) is 0 Å². The average molecular weight is 248 g/mol. The Morgan fingerprint density at radius 1 is 1.44 bits per heavy atom. The van der Waals surface area contributed by atoms with E-state index >= 15 is 0 Å². The summed E-state index contributed by atoms with van der Waals surface area (Å²) < 4.78 is 1.93. The largest absolute Gasteiger partial charge is 0.356 e. The van der Waals surface area contributed by atoms with Gasteiger partial charge in [-0.15, -0.1) is 0 Å². The van der Waals surface area contributed by atoms with Gasteiger partial charge in [0.15, 0.2) is 0 Å². The third-order valence-corrected chi connectivity index (χ3v) is 2.97. The number of rotatable bonds is 4. The number of aromatic nitrogens is 2. The lowest BCUT2D eigenvalue weighted by Crippen LogP contribution is -2.26. The highest BCUT2D eigenvalue weighted by molar-refractivity contribution is 5.77. The first-order valence-corrected chi connectivity index (χ1v) is 5.69. The molecule has 0 saturated carbocycles. The van der Waals surface area contributed by atoms with E-state index in [4.69, 9.17) is 5.84 Å². The van der Waals surface area contributed by atoms with Crippen molar-refractivity contribution in [1.29, 1.82) is 0 Å². The molecule has 96 valence electrons. The van der Waals surface area contributed by atoms with Gasteiger partial charge in [-0.1, -0.05) is 5.59 Å². The van der Waals surface area contributed by atoms with Crippen molar-refractivity contribution in [3.05, 3.63) is 29.6 Å². The number of hydrogen-bond donors (Lipinski definition) is 2. The van der Waals surface area contributed by atoms with Crippen LogP contribution >= 0.6 is 0 Å². The van der Waals surface area contributed by atoms with E-state index in [2.05, 4.69) is 29.7 Å². The van der Waals surface area contributed by atoms with Crippen LogP contribution in [0.15, 0.2) is 18.5 Å². The Morgan fingerprint density at radius 2 is 2.17 bits per heavy atom. The summed E-state index contributed by atoms with van der Waals surface area (Å²) in [6.45, 7) is 4.62. The number of nitrogens with zero attached hydrogens (tertiary/aromatic N) is 2. The summed E-state index contributed by atoms with van der Waals surface area (Å²) in [6, 6.07) is 4.12. The molecule has 0 unspecified atom stereocenters. The van der Waals surface area contributed by atoms with Crippen molar-refractivity contribution >= 4 is 17.0 Å². The van der Waals surface area contributed by atoms with E-state index in [1.165, 1.54) is 11.1 Å². The molecule has 0 saturated heterocycles. The number of aryl methyl sites for hydroxylation is 3. The van der Waals surface area contributed by atoms with Crippen LogP contribution in [-0.2, 0) is 16.2 Å². The predicted molar refractivity (Wildman–Crippen MR) is 67.2 cm³/mol. The lowest BCUT2D eigenvalue weighted by molar-refractivity contribution is -0.151. The van der Waals surface area contributed by atoms with E-state index in [9.17, 15) is 4.79 Å². The predicted octanol–water partition coefficient (Wildman–Crippen LogP) is 0.965. The highest BCUT2D eigenvalue weighted by Gasteiger charge is 2.07. The molecule has 1 heterocycles. The van der Waals surface area contributed by atoms with Crippen molar-refractivity contribution in [2.75, 3.05) is 0 Å². The van der Waals surface area contributed by atoms with Crippen LogP contribution in [0.5, 0.6) is 0 Å². The molecule has 6 nitrogen and oxygen atoms in total. The van der Waals surface area contributed by atoms with Crippen LogP contribution in [0.3, 0.4) is 0 Å². The second-order valence-electron chi connectivity index (χ2n) is 4.21. The van der Waals surface area contributed by atoms with E-state index in [0.29, 0.717) is 6.54 Å². The Morgan fingerprint density at radius 3 is 2.89 bits per heavy atom. The van der Waals surface area contributed by atoms with E-state index in [1.54, 1.807) is 6.33 Å². The van der Waals surface area contributed by atoms with Gasteiger partial charge in [0.25, 0.3) is 0 Å². The van der Waals surface area contributed by atoms with Crippen molar-refractivity contribution in [3.8, 4) is 0 Å². The zero-order chi connectivity index (χ0) is 13.1. The van der Waals surface area contributed by atoms with Gasteiger partial charge in [-0.3, -0.25) is 4.79 Å². The highest BCUT2D eigenvalue weighted by Crippen LogP contribution is 2.18. The van der Waals surface area contributed by atoms with Gasteiger partial charge < -0.3 is 9.40 Å². The zero-order valence-corrected chi connectivity index (χ0v) is 10.4. The van der Waals surface area contributed by atoms with E-state index in [-0.39, 0.29) is 6.42 Å². The van der Waals surface area contributed by atoms with Gasteiger partial charge >= 0.3 is 5.97 Å². The Kier molecular flexibility index (Phi) is 3.59. The summed E-state index contributed by atoms with van der Waals surface area (Å²) in [4.78, 5) is 20.0. The van der Waals surface area contributed by atoms with Crippen LogP contribution in [0.1, 0.15) is 17.5 Å². The van der Waals surface area contributed by atoms with Crippen LogP contribution < -0.4 is 11.4 Å². The van der Waals surface area contributed by atoms with Crippen LogP contribution in [-0.4, -0.2) is 15.5 Å². The SMILES string of the molecule is Cc1cc2ncn(CCC(=O)ONN)c2cc1C. The molecule has 0 spiro atoms. The summed E-state index contributed by atoms with van der Waals surface area (Å²) in [5.74, 6) is 4.49. The number of nitrogens with one attached hydrogen (secondary N) is 1. The first kappa shape index (κ1) is 12.5. The highest BCUT2D eigenvalue weighted by atomic mass is 16.7. The quantitative estimate of drug-likeness (QED) is 0.622. The lowest BCUT2D eigenvalue weighted by atomic mass is 10.1. The normalized spacial score (nSPS) is 10.8. The number of carbonyl (C=O) groups is 1. The number of hydrogen-bond acceptors (Lipinski definition) is 5. The summed E-state index contributed by atoms with van der Waals surface area (Å²) >= 11 is 0. The lowest BCUT2D eigenvalue weighted by Gasteiger charge is -2.05. The molecule has 0 bridgehead atoms. The van der Waals surface area contributed by atoms with Crippen LogP contribution in [0, 0.1) is 13.8 Å². The third kappa shape index (κ3) is 2.49. The molecule has 0 fully saturated rings. The molecule has 1 aromatic carbocycles. The van der Waals surface area contributed by atoms with Crippen molar-refractivity contribution in [3.63, 3.8) is 0 Å². The van der Waals surface area contributed by atoms with Crippen molar-refractivity contribution in [2.24, 2.45) is 5.84 Å². The smallest absolute Gasteiger partial charge is 0.328 e. The Bertz CT molecular complexity index is 577. The maximum atomic E-state index is 11.2. The molecule has 1 aromatic heterocycles. The van der Waals surface area contributed by atoms with Gasteiger partial charge in [0.2, 0.25) is 0 Å². The first-order valence-electron chi connectivity index (χ1n) is 5.69. The number of nitrogens with two attached hydrogens (primary N) is 1. The summed E-state index contributed by atoms with van der Waals surface area (Å²) in [7, 11) is 0. The number of imidazole rings is 1. The van der Waals surface area contributed by atoms with Crippen LogP contribution in [0.4, 0.5) is 0 Å². The fourth-order valence-electron chi connectivity index (χ4n) is 1.82. The molecule has 3 N–H and O–H groups in total. The van der Waals surface area contributed by atoms with Gasteiger partial charge in [0.05, 0.1) is 23.8 Å².